The van der Waals surface area contributed by atoms with Crippen molar-refractivity contribution in [3.8, 4) is 0 Å². The number of carboxylic acid groups (broad SMARTS) is 2. The first-order valence-electron chi connectivity index (χ1n) is 17.9. The van der Waals surface area contributed by atoms with Gasteiger partial charge in [0.1, 0.15) is 5.78 Å². The van der Waals surface area contributed by atoms with Gasteiger partial charge in [0.25, 0.3) is 11.5 Å². The minimum Gasteiger partial charge on any atom is -0.481 e. The molecule has 0 fully saturated rings. The third kappa shape index (κ3) is 16.1. The number of carbonyl (C=O) groups is 6. The molecule has 0 bridgehead atoms. The lowest BCUT2D eigenvalue weighted by Crippen LogP contribution is -2.46. The van der Waals surface area contributed by atoms with E-state index in [0.29, 0.717) is 23.4 Å². The van der Waals surface area contributed by atoms with Gasteiger partial charge < -0.3 is 43.4 Å². The number of nitrogens with zero attached hydrogens (tertiary/aromatic N) is 4. The number of aromatic amines is 1. The monoisotopic (exact) mass is 829 g/mol. The second-order valence-electron chi connectivity index (χ2n) is 12.7. The van der Waals surface area contributed by atoms with Crippen LogP contribution in [0.4, 0.5) is 11.6 Å². The Balaban J connectivity index is 1.53. The molecule has 3 aromatic rings. The molecule has 308 valence electrons. The summed E-state index contributed by atoms with van der Waals surface area (Å²) in [6.07, 6.45) is 0.688. The molecule has 0 saturated carbocycles. The number of rotatable bonds is 26. The number of aliphatic carboxylic acids is 2. The van der Waals surface area contributed by atoms with Crippen molar-refractivity contribution < 1.29 is 39.0 Å². The molecule has 0 spiro atoms. The molecule has 20 nitrogen and oxygen atoms in total. The minimum absolute atomic E-state index is 0.0129. The van der Waals surface area contributed by atoms with Crippen LogP contribution >= 0.6 is 21.6 Å². The van der Waals surface area contributed by atoms with Crippen LogP contribution < -0.4 is 38.7 Å². The SMILES string of the molecule is CCSSC[C@H](CC(=O)[C@H](CC(=O)O)NC(=O)[C@H](CCCN=C(N)N)CC(=O)CCCNC(=O)c1ccc(NCc2cnc3nc(N)[nH]c(=O)c3n2)cc1)C(=O)O. The second-order valence-corrected chi connectivity index (χ2v) is 15.5. The van der Waals surface area contributed by atoms with Gasteiger partial charge in [0.05, 0.1) is 36.8 Å². The lowest BCUT2D eigenvalue weighted by molar-refractivity contribution is -0.144. The number of benzene rings is 1. The zero-order chi connectivity index (χ0) is 41.9. The van der Waals surface area contributed by atoms with Crippen molar-refractivity contribution in [1.82, 2.24) is 30.6 Å². The van der Waals surface area contributed by atoms with E-state index in [1.54, 1.807) is 24.3 Å². The summed E-state index contributed by atoms with van der Waals surface area (Å²) in [5.41, 5.74) is 17.5. The van der Waals surface area contributed by atoms with Crippen molar-refractivity contribution in [2.24, 2.45) is 28.3 Å². The highest BCUT2D eigenvalue weighted by Gasteiger charge is 2.31. The number of anilines is 2. The smallest absolute Gasteiger partial charge is 0.307 e. The molecule has 0 aliphatic carbocycles. The fourth-order valence-corrected chi connectivity index (χ4v) is 7.32. The van der Waals surface area contributed by atoms with E-state index in [9.17, 15) is 43.8 Å². The van der Waals surface area contributed by atoms with E-state index in [0.717, 1.165) is 5.75 Å². The molecule has 0 radical (unpaired) electrons. The third-order valence-corrected chi connectivity index (χ3v) is 10.8. The largest absolute Gasteiger partial charge is 0.481 e. The van der Waals surface area contributed by atoms with E-state index in [1.807, 2.05) is 6.92 Å². The fourth-order valence-electron chi connectivity index (χ4n) is 5.35. The van der Waals surface area contributed by atoms with Gasteiger partial charge in [0.15, 0.2) is 22.9 Å². The van der Waals surface area contributed by atoms with E-state index < -0.39 is 59.9 Å². The van der Waals surface area contributed by atoms with E-state index in [1.165, 1.54) is 27.8 Å². The number of aliphatic imine (C=N–C) groups is 1. The van der Waals surface area contributed by atoms with Crippen molar-refractivity contribution in [1.29, 1.82) is 0 Å². The lowest BCUT2D eigenvalue weighted by atomic mass is 9.92. The predicted molar refractivity (Wildman–Crippen MR) is 216 cm³/mol. The number of hydrogen-bond acceptors (Lipinski definition) is 15. The van der Waals surface area contributed by atoms with Crippen molar-refractivity contribution in [3.63, 3.8) is 0 Å². The summed E-state index contributed by atoms with van der Waals surface area (Å²) in [5, 5.41) is 27.4. The van der Waals surface area contributed by atoms with Crippen molar-refractivity contribution in [2.45, 2.75) is 64.5 Å². The normalized spacial score (nSPS) is 12.5. The van der Waals surface area contributed by atoms with Crippen LogP contribution in [0, 0.1) is 11.8 Å². The van der Waals surface area contributed by atoms with Gasteiger partial charge in [-0.3, -0.25) is 43.5 Å². The van der Waals surface area contributed by atoms with Gasteiger partial charge in [-0.2, -0.15) is 4.98 Å². The number of nitrogens with one attached hydrogen (secondary N) is 4. The number of carboxylic acids is 2. The number of fused-ring (bicyclic) bond motifs is 1. The van der Waals surface area contributed by atoms with Crippen molar-refractivity contribution in [3.05, 3.63) is 52.1 Å². The number of ketones is 2. The minimum atomic E-state index is -1.50. The Morgan fingerprint density at radius 3 is 2.37 bits per heavy atom. The van der Waals surface area contributed by atoms with Gasteiger partial charge >= 0.3 is 11.9 Å². The summed E-state index contributed by atoms with van der Waals surface area (Å²) in [7, 11) is 2.71. The van der Waals surface area contributed by atoms with Gasteiger partial charge in [-0.25, -0.2) is 9.97 Å². The van der Waals surface area contributed by atoms with Gasteiger partial charge in [-0.05, 0) is 43.5 Å². The Labute approximate surface area is 334 Å². The van der Waals surface area contributed by atoms with Gasteiger partial charge in [0, 0.05) is 61.0 Å². The van der Waals surface area contributed by atoms with E-state index in [-0.39, 0.29) is 85.8 Å². The van der Waals surface area contributed by atoms with Crippen molar-refractivity contribution in [2.75, 3.05) is 35.6 Å². The average molecular weight is 830 g/mol. The Morgan fingerprint density at radius 1 is 0.965 bits per heavy atom. The molecule has 0 aliphatic heterocycles. The molecule has 0 unspecified atom stereocenters. The average Bonchev–Trinajstić information content (AvgIpc) is 3.16. The van der Waals surface area contributed by atoms with E-state index in [4.69, 9.17) is 17.2 Å². The third-order valence-electron chi connectivity index (χ3n) is 8.23. The van der Waals surface area contributed by atoms with Crippen LogP contribution in [0.1, 0.15) is 67.9 Å². The first-order chi connectivity index (χ1) is 27.2. The number of hydrogen-bond donors (Lipinski definition) is 9. The number of nitrogen functional groups attached to an aromatic ring is 1. The number of aromatic nitrogens is 4. The molecule has 57 heavy (non-hydrogen) atoms. The number of guanidine groups is 1. The maximum atomic E-state index is 13.4. The highest BCUT2D eigenvalue weighted by Crippen LogP contribution is 2.26. The van der Waals surface area contributed by atoms with Gasteiger partial charge in [0.2, 0.25) is 11.9 Å². The van der Waals surface area contributed by atoms with Crippen LogP contribution in [0.15, 0.2) is 40.2 Å². The number of nitrogens with two attached hydrogens (primary N) is 3. The summed E-state index contributed by atoms with van der Waals surface area (Å²) in [5.74, 6) is -6.16. The van der Waals surface area contributed by atoms with Crippen molar-refractivity contribution >= 4 is 85.7 Å². The maximum absolute atomic E-state index is 13.4. The molecule has 2 heterocycles. The highest BCUT2D eigenvalue weighted by molar-refractivity contribution is 8.76. The Morgan fingerprint density at radius 2 is 1.70 bits per heavy atom. The van der Waals surface area contributed by atoms with Crippen LogP contribution in [0.2, 0.25) is 0 Å². The van der Waals surface area contributed by atoms with Crippen LogP contribution in [-0.4, -0.2) is 102 Å². The summed E-state index contributed by atoms with van der Waals surface area (Å²) < 4.78 is 0. The molecule has 0 saturated heterocycles. The molecular formula is C35H47N11O9S2. The van der Waals surface area contributed by atoms with Gasteiger partial charge in [-0.1, -0.05) is 28.5 Å². The number of amides is 2. The van der Waals surface area contributed by atoms with Crippen LogP contribution in [0.5, 0.6) is 0 Å². The number of Topliss-reactive ketones (excluding diaryl/α,β-unsaturated/α-hetero) is 2. The quantitative estimate of drug-likeness (QED) is 0.0236. The molecule has 2 amide bonds. The molecular weight excluding hydrogens is 783 g/mol. The maximum Gasteiger partial charge on any atom is 0.307 e. The van der Waals surface area contributed by atoms with Crippen LogP contribution in [0.25, 0.3) is 11.2 Å². The Bertz CT molecular complexity index is 1980. The molecule has 12 N–H and O–H groups in total. The number of H-pyrrole nitrogens is 1. The predicted octanol–water partition coefficient (Wildman–Crippen LogP) is 1.07. The number of carbonyl (C=O) groups excluding carboxylic acids is 4. The topological polar surface area (TPSA) is 341 Å². The fraction of sp³-hybridized carbons (Fsp3) is 0.457. The first-order valence-corrected chi connectivity index (χ1v) is 20.4. The highest BCUT2D eigenvalue weighted by atomic mass is 33.1. The van der Waals surface area contributed by atoms with E-state index >= 15 is 0 Å². The zero-order valence-electron chi connectivity index (χ0n) is 31.2. The lowest BCUT2D eigenvalue weighted by Gasteiger charge is -2.22. The molecule has 3 rings (SSSR count). The van der Waals surface area contributed by atoms with Crippen LogP contribution in [-0.2, 0) is 30.5 Å². The molecule has 3 atom stereocenters. The molecule has 0 aliphatic rings. The van der Waals surface area contributed by atoms with E-state index in [2.05, 4.69) is 40.9 Å². The summed E-state index contributed by atoms with van der Waals surface area (Å²) in [6, 6.07) is 5.08. The second kappa shape index (κ2) is 23.3. The summed E-state index contributed by atoms with van der Waals surface area (Å²) >= 11 is 0. The summed E-state index contributed by atoms with van der Waals surface area (Å²) in [4.78, 5) is 106. The Hall–Kier alpha value is -5.77. The molecule has 22 heteroatoms. The molecule has 1 aromatic carbocycles. The first kappa shape index (κ1) is 45.6. The molecule has 2 aromatic heterocycles. The summed E-state index contributed by atoms with van der Waals surface area (Å²) in [6.45, 7) is 2.44. The van der Waals surface area contributed by atoms with Gasteiger partial charge in [-0.15, -0.1) is 0 Å². The Kier molecular flexibility index (Phi) is 18.7. The standard InChI is InChI=1S/C35H47N11O9S2/c1-2-56-57-18-21(33(54)55)14-26(48)25(15-27(49)50)44-31(52)20(5-3-12-40-34(36)37)13-24(47)6-4-11-39-30(51)19-7-9-22(10-8-19)41-16-23-17-42-29-28(43-23)32(53)46-35(38)45-29/h7-10,17,20-21,25,41H,2-6,11-16,18H2,1H3,(H,39,51)(H,44,52)(H,49,50)(H,54,55)(H4,36,37,40)(H3,38,42,45,46,53)/t20-,21+,25+/m1/s1. The van der Waals surface area contributed by atoms with Crippen LogP contribution in [0.3, 0.4) is 0 Å². The zero-order valence-corrected chi connectivity index (χ0v) is 32.8.